The Balaban J connectivity index is 2.88. The van der Waals surface area contributed by atoms with Gasteiger partial charge in [0.15, 0.2) is 5.15 Å². The number of nitrogens with zero attached hydrogens (tertiary/aromatic N) is 3. The van der Waals surface area contributed by atoms with Crippen molar-refractivity contribution in [3.05, 3.63) is 27.2 Å². The molecule has 0 saturated heterocycles. The lowest BCUT2D eigenvalue weighted by Gasteiger charge is -1.94. The van der Waals surface area contributed by atoms with E-state index in [1.807, 2.05) is 6.07 Å². The summed E-state index contributed by atoms with van der Waals surface area (Å²) in [5.41, 5.74) is 0.730. The van der Waals surface area contributed by atoms with E-state index in [-0.39, 0.29) is 5.28 Å². The van der Waals surface area contributed by atoms with Gasteiger partial charge in [-0.15, -0.1) is 5.10 Å². The lowest BCUT2D eigenvalue weighted by molar-refractivity contribution is 0.903. The fourth-order valence-corrected chi connectivity index (χ4v) is 1.75. The molecule has 2 aromatic heterocycles. The Labute approximate surface area is 86.4 Å². The minimum Gasteiger partial charge on any atom is -0.234 e. The predicted molar refractivity (Wildman–Crippen MR) is 50.7 cm³/mol. The molecule has 62 valence electrons. The average molecular weight is 267 g/mol. The summed E-state index contributed by atoms with van der Waals surface area (Å²) in [4.78, 5) is 3.79. The Morgan fingerprint density at radius 3 is 2.92 bits per heavy atom. The number of aromatic nitrogens is 3. The molecule has 0 amide bonds. The number of halogens is 3. The summed E-state index contributed by atoms with van der Waals surface area (Å²) in [5.74, 6) is 0. The third kappa shape index (κ3) is 1.30. The molecule has 0 bridgehead atoms. The van der Waals surface area contributed by atoms with Crippen LogP contribution >= 0.6 is 39.1 Å². The van der Waals surface area contributed by atoms with Crippen molar-refractivity contribution < 1.29 is 0 Å². The third-order valence-electron chi connectivity index (χ3n) is 1.36. The SMILES string of the molecule is Clc1nc(Cl)c2cc(Br)cn2n1. The lowest BCUT2D eigenvalue weighted by Crippen LogP contribution is -1.93. The molecule has 0 aliphatic heterocycles. The zero-order valence-electron chi connectivity index (χ0n) is 5.63. The normalized spacial score (nSPS) is 10.9. The molecule has 0 aliphatic rings. The molecular weight excluding hydrogens is 265 g/mol. The van der Waals surface area contributed by atoms with Crippen LogP contribution in [0.5, 0.6) is 0 Å². The van der Waals surface area contributed by atoms with Gasteiger partial charge in [0, 0.05) is 10.7 Å². The van der Waals surface area contributed by atoms with Gasteiger partial charge < -0.3 is 0 Å². The third-order valence-corrected chi connectivity index (χ3v) is 2.23. The second-order valence-electron chi connectivity index (χ2n) is 2.16. The number of rotatable bonds is 0. The van der Waals surface area contributed by atoms with E-state index in [4.69, 9.17) is 23.2 Å². The van der Waals surface area contributed by atoms with Gasteiger partial charge in [-0.3, -0.25) is 0 Å². The van der Waals surface area contributed by atoms with Gasteiger partial charge in [0.05, 0.1) is 0 Å². The van der Waals surface area contributed by atoms with E-state index in [0.717, 1.165) is 9.99 Å². The first kappa shape index (κ1) is 8.29. The van der Waals surface area contributed by atoms with E-state index in [1.165, 1.54) is 0 Å². The lowest BCUT2D eigenvalue weighted by atomic mass is 10.5. The van der Waals surface area contributed by atoms with Crippen LogP contribution in [-0.2, 0) is 0 Å². The summed E-state index contributed by atoms with van der Waals surface area (Å²) in [6.45, 7) is 0. The van der Waals surface area contributed by atoms with Crippen molar-refractivity contribution in [1.29, 1.82) is 0 Å². The first-order valence-electron chi connectivity index (χ1n) is 3.04. The van der Waals surface area contributed by atoms with Crippen molar-refractivity contribution in [2.75, 3.05) is 0 Å². The molecule has 2 aromatic rings. The van der Waals surface area contributed by atoms with E-state index in [2.05, 4.69) is 26.0 Å². The van der Waals surface area contributed by atoms with Crippen LogP contribution in [-0.4, -0.2) is 14.6 Å². The van der Waals surface area contributed by atoms with Gasteiger partial charge in [0.1, 0.15) is 5.52 Å². The smallest absolute Gasteiger partial charge is 0.234 e. The maximum Gasteiger partial charge on any atom is 0.242 e. The molecule has 0 unspecified atom stereocenters. The predicted octanol–water partition coefficient (Wildman–Crippen LogP) is 2.80. The minimum absolute atomic E-state index is 0.135. The highest BCUT2D eigenvalue weighted by molar-refractivity contribution is 9.10. The average Bonchev–Trinajstić information content (AvgIpc) is 2.29. The molecule has 0 fully saturated rings. The van der Waals surface area contributed by atoms with Crippen molar-refractivity contribution in [2.45, 2.75) is 0 Å². The van der Waals surface area contributed by atoms with Crippen LogP contribution in [0.15, 0.2) is 16.7 Å². The van der Waals surface area contributed by atoms with Gasteiger partial charge in [-0.05, 0) is 33.6 Å². The minimum atomic E-state index is 0.135. The molecule has 0 spiro atoms. The maximum atomic E-state index is 5.80. The Kier molecular flexibility index (Phi) is 1.98. The largest absolute Gasteiger partial charge is 0.242 e. The fourth-order valence-electron chi connectivity index (χ4n) is 0.907. The molecule has 2 heterocycles. The molecule has 3 nitrogen and oxygen atoms in total. The van der Waals surface area contributed by atoms with Crippen molar-refractivity contribution in [2.24, 2.45) is 0 Å². The molecule has 2 rings (SSSR count). The second kappa shape index (κ2) is 2.87. The van der Waals surface area contributed by atoms with E-state index < -0.39 is 0 Å². The van der Waals surface area contributed by atoms with Crippen LogP contribution in [0.3, 0.4) is 0 Å². The van der Waals surface area contributed by atoms with Gasteiger partial charge in [-0.2, -0.15) is 0 Å². The van der Waals surface area contributed by atoms with Crippen LogP contribution in [0.2, 0.25) is 10.4 Å². The van der Waals surface area contributed by atoms with Gasteiger partial charge in [0.2, 0.25) is 5.28 Å². The van der Waals surface area contributed by atoms with Gasteiger partial charge in [-0.25, -0.2) is 9.50 Å². The Morgan fingerprint density at radius 1 is 1.42 bits per heavy atom. The Hall–Kier alpha value is -0.320. The monoisotopic (exact) mass is 265 g/mol. The molecule has 0 N–H and O–H groups in total. The molecule has 6 heteroatoms. The molecule has 0 saturated carbocycles. The van der Waals surface area contributed by atoms with Crippen LogP contribution in [0.1, 0.15) is 0 Å². The summed E-state index contributed by atoms with van der Waals surface area (Å²) in [6.07, 6.45) is 1.76. The Morgan fingerprint density at radius 2 is 2.17 bits per heavy atom. The Bertz CT molecular complexity index is 440. The van der Waals surface area contributed by atoms with E-state index >= 15 is 0 Å². The molecule has 0 atom stereocenters. The molecule has 12 heavy (non-hydrogen) atoms. The van der Waals surface area contributed by atoms with Crippen LogP contribution in [0.25, 0.3) is 5.52 Å². The van der Waals surface area contributed by atoms with E-state index in [1.54, 1.807) is 10.7 Å². The highest BCUT2D eigenvalue weighted by Crippen LogP contribution is 2.21. The summed E-state index contributed by atoms with van der Waals surface area (Å²) in [6, 6.07) is 1.82. The number of fused-ring (bicyclic) bond motifs is 1. The first-order valence-corrected chi connectivity index (χ1v) is 4.58. The zero-order valence-corrected chi connectivity index (χ0v) is 8.73. The van der Waals surface area contributed by atoms with E-state index in [0.29, 0.717) is 5.15 Å². The van der Waals surface area contributed by atoms with Gasteiger partial charge in [0.25, 0.3) is 0 Å². The van der Waals surface area contributed by atoms with Crippen LogP contribution in [0.4, 0.5) is 0 Å². The molecule has 0 aliphatic carbocycles. The quantitative estimate of drug-likeness (QED) is 0.734. The maximum absolute atomic E-state index is 5.80. The first-order chi connectivity index (χ1) is 5.66. The highest BCUT2D eigenvalue weighted by atomic mass is 79.9. The highest BCUT2D eigenvalue weighted by Gasteiger charge is 2.05. The zero-order chi connectivity index (χ0) is 8.72. The molecule has 0 aromatic carbocycles. The number of hydrogen-bond acceptors (Lipinski definition) is 2. The fraction of sp³-hybridized carbons (Fsp3) is 0. The number of hydrogen-bond donors (Lipinski definition) is 0. The molecular formula is C6H2BrCl2N3. The van der Waals surface area contributed by atoms with Crippen molar-refractivity contribution in [3.8, 4) is 0 Å². The standard InChI is InChI=1S/C6H2BrCl2N3/c7-3-1-4-5(8)10-6(9)11-12(4)2-3/h1-2H. The second-order valence-corrected chi connectivity index (χ2v) is 3.77. The van der Waals surface area contributed by atoms with Crippen molar-refractivity contribution in [3.63, 3.8) is 0 Å². The van der Waals surface area contributed by atoms with Gasteiger partial charge in [-0.1, -0.05) is 11.6 Å². The van der Waals surface area contributed by atoms with Crippen molar-refractivity contribution >= 4 is 44.6 Å². The van der Waals surface area contributed by atoms with E-state index in [9.17, 15) is 0 Å². The summed E-state index contributed by atoms with van der Waals surface area (Å²) < 4.78 is 2.46. The topological polar surface area (TPSA) is 30.2 Å². The summed E-state index contributed by atoms with van der Waals surface area (Å²) in [7, 11) is 0. The summed E-state index contributed by atoms with van der Waals surface area (Å²) in [5, 5.41) is 4.40. The van der Waals surface area contributed by atoms with Gasteiger partial charge >= 0.3 is 0 Å². The summed E-state index contributed by atoms with van der Waals surface area (Å²) >= 11 is 14.7. The van der Waals surface area contributed by atoms with Crippen LogP contribution < -0.4 is 0 Å². The van der Waals surface area contributed by atoms with Crippen LogP contribution in [0, 0.1) is 0 Å². The molecule has 0 radical (unpaired) electrons. The van der Waals surface area contributed by atoms with Crippen molar-refractivity contribution in [1.82, 2.24) is 14.6 Å².